The summed E-state index contributed by atoms with van der Waals surface area (Å²) in [6, 6.07) is 1.01. The smallest absolute Gasteiger partial charge is 0.222 e. The molecule has 0 aliphatic carbocycles. The molecule has 2 fully saturated rings. The Labute approximate surface area is 85.8 Å². The Morgan fingerprint density at radius 1 is 1.43 bits per heavy atom. The Morgan fingerprint density at radius 3 is 2.86 bits per heavy atom. The molecule has 0 radical (unpaired) electrons. The minimum Gasteiger partial charge on any atom is -0.338 e. The Morgan fingerprint density at radius 2 is 2.29 bits per heavy atom. The molecule has 2 atom stereocenters. The van der Waals surface area contributed by atoms with E-state index in [9.17, 15) is 4.79 Å². The normalized spacial score (nSPS) is 33.8. The quantitative estimate of drug-likeness (QED) is 0.718. The van der Waals surface area contributed by atoms with Crippen LogP contribution < -0.4 is 5.32 Å². The third-order valence-electron chi connectivity index (χ3n) is 3.46. The zero-order chi connectivity index (χ0) is 9.97. The molecule has 2 heterocycles. The van der Waals surface area contributed by atoms with E-state index >= 15 is 0 Å². The van der Waals surface area contributed by atoms with Crippen molar-refractivity contribution in [2.75, 3.05) is 13.1 Å². The Kier molecular flexibility index (Phi) is 3.06. The molecule has 1 amide bonds. The molecule has 2 aliphatic rings. The zero-order valence-electron chi connectivity index (χ0n) is 8.96. The lowest BCUT2D eigenvalue weighted by Gasteiger charge is -2.30. The highest BCUT2D eigenvalue weighted by Gasteiger charge is 2.29. The second kappa shape index (κ2) is 4.30. The van der Waals surface area contributed by atoms with Crippen molar-refractivity contribution < 1.29 is 4.79 Å². The molecule has 80 valence electrons. The van der Waals surface area contributed by atoms with Gasteiger partial charge in [-0.25, -0.2) is 0 Å². The molecule has 0 spiro atoms. The molecule has 0 aromatic carbocycles. The van der Waals surface area contributed by atoms with Gasteiger partial charge in [-0.1, -0.05) is 6.42 Å². The van der Waals surface area contributed by atoms with Gasteiger partial charge in [0.2, 0.25) is 5.91 Å². The number of nitrogens with zero attached hydrogens (tertiary/aromatic N) is 1. The molecular weight excluding hydrogens is 176 g/mol. The number of carbonyl (C=O) groups excluding carboxylic acids is 1. The number of hydrogen-bond acceptors (Lipinski definition) is 2. The molecule has 2 rings (SSSR count). The van der Waals surface area contributed by atoms with Crippen LogP contribution in [0.15, 0.2) is 0 Å². The van der Waals surface area contributed by atoms with Gasteiger partial charge in [0.1, 0.15) is 0 Å². The second-order valence-corrected chi connectivity index (χ2v) is 4.58. The first-order chi connectivity index (χ1) is 6.77. The lowest BCUT2D eigenvalue weighted by molar-refractivity contribution is -0.129. The second-order valence-electron chi connectivity index (χ2n) is 4.58. The van der Waals surface area contributed by atoms with E-state index in [2.05, 4.69) is 17.1 Å². The highest BCUT2D eigenvalue weighted by Crippen LogP contribution is 2.19. The van der Waals surface area contributed by atoms with Gasteiger partial charge in [-0.2, -0.15) is 0 Å². The number of nitrogens with one attached hydrogen (secondary N) is 1. The minimum atomic E-state index is 0.352. The van der Waals surface area contributed by atoms with Crippen LogP contribution in [-0.4, -0.2) is 36.0 Å². The maximum absolute atomic E-state index is 11.6. The molecule has 14 heavy (non-hydrogen) atoms. The van der Waals surface area contributed by atoms with Gasteiger partial charge in [-0.15, -0.1) is 0 Å². The SMILES string of the molecule is CC1CCC(=O)N1CC1CCCCN1. The van der Waals surface area contributed by atoms with Crippen molar-refractivity contribution in [2.24, 2.45) is 0 Å². The first-order valence-corrected chi connectivity index (χ1v) is 5.80. The van der Waals surface area contributed by atoms with Crippen LogP contribution in [0.1, 0.15) is 39.0 Å². The molecule has 3 heteroatoms. The predicted molar refractivity (Wildman–Crippen MR) is 56.1 cm³/mol. The van der Waals surface area contributed by atoms with Crippen LogP contribution in [0.4, 0.5) is 0 Å². The average Bonchev–Trinajstić information content (AvgIpc) is 2.51. The van der Waals surface area contributed by atoms with E-state index in [1.807, 2.05) is 0 Å². The molecule has 3 nitrogen and oxygen atoms in total. The van der Waals surface area contributed by atoms with E-state index in [4.69, 9.17) is 0 Å². The molecule has 0 aromatic heterocycles. The predicted octanol–water partition coefficient (Wildman–Crippen LogP) is 1.14. The summed E-state index contributed by atoms with van der Waals surface area (Å²) in [4.78, 5) is 13.6. The number of amides is 1. The first kappa shape index (κ1) is 9.97. The summed E-state index contributed by atoms with van der Waals surface area (Å²) in [7, 11) is 0. The van der Waals surface area contributed by atoms with Crippen LogP contribution in [0.3, 0.4) is 0 Å². The summed E-state index contributed by atoms with van der Waals surface area (Å²) < 4.78 is 0. The Bertz CT molecular complexity index is 211. The van der Waals surface area contributed by atoms with Crippen LogP contribution >= 0.6 is 0 Å². The summed E-state index contributed by atoms with van der Waals surface area (Å²) in [6.45, 7) is 4.22. The van der Waals surface area contributed by atoms with E-state index < -0.39 is 0 Å². The third-order valence-corrected chi connectivity index (χ3v) is 3.46. The zero-order valence-corrected chi connectivity index (χ0v) is 8.96. The topological polar surface area (TPSA) is 32.3 Å². The number of piperidine rings is 1. The van der Waals surface area contributed by atoms with Gasteiger partial charge in [0.05, 0.1) is 0 Å². The van der Waals surface area contributed by atoms with Gasteiger partial charge in [0.25, 0.3) is 0 Å². The van der Waals surface area contributed by atoms with Gasteiger partial charge in [-0.05, 0) is 32.7 Å². The number of carbonyl (C=O) groups is 1. The fourth-order valence-corrected chi connectivity index (χ4v) is 2.48. The van der Waals surface area contributed by atoms with Crippen molar-refractivity contribution in [3.05, 3.63) is 0 Å². The fraction of sp³-hybridized carbons (Fsp3) is 0.909. The van der Waals surface area contributed by atoms with Gasteiger partial charge in [0, 0.05) is 25.0 Å². The van der Waals surface area contributed by atoms with Crippen LogP contribution in [0.25, 0.3) is 0 Å². The summed E-state index contributed by atoms with van der Waals surface area (Å²) >= 11 is 0. The molecular formula is C11H20N2O. The maximum Gasteiger partial charge on any atom is 0.222 e. The van der Waals surface area contributed by atoms with Crippen molar-refractivity contribution in [1.82, 2.24) is 10.2 Å². The van der Waals surface area contributed by atoms with Crippen molar-refractivity contribution in [2.45, 2.75) is 51.1 Å². The first-order valence-electron chi connectivity index (χ1n) is 5.80. The lowest BCUT2D eigenvalue weighted by atomic mass is 10.0. The van der Waals surface area contributed by atoms with Gasteiger partial charge < -0.3 is 10.2 Å². The lowest BCUT2D eigenvalue weighted by Crippen LogP contribution is -2.46. The highest BCUT2D eigenvalue weighted by atomic mass is 16.2. The van der Waals surface area contributed by atoms with Crippen LogP contribution in [0.5, 0.6) is 0 Å². The molecule has 2 unspecified atom stereocenters. The van der Waals surface area contributed by atoms with Crippen LogP contribution in [0, 0.1) is 0 Å². The maximum atomic E-state index is 11.6. The molecule has 0 saturated carbocycles. The Hall–Kier alpha value is -0.570. The van der Waals surface area contributed by atoms with E-state index in [-0.39, 0.29) is 0 Å². The largest absolute Gasteiger partial charge is 0.338 e. The summed E-state index contributed by atoms with van der Waals surface area (Å²) in [5.41, 5.74) is 0. The monoisotopic (exact) mass is 196 g/mol. The van der Waals surface area contributed by atoms with Crippen molar-refractivity contribution >= 4 is 5.91 Å². The average molecular weight is 196 g/mol. The Balaban J connectivity index is 1.85. The summed E-state index contributed by atoms with van der Waals surface area (Å²) in [5.74, 6) is 0.352. The molecule has 0 aromatic rings. The summed E-state index contributed by atoms with van der Waals surface area (Å²) in [6.07, 6.45) is 5.64. The summed E-state index contributed by atoms with van der Waals surface area (Å²) in [5, 5.41) is 3.49. The van der Waals surface area contributed by atoms with Gasteiger partial charge >= 0.3 is 0 Å². The van der Waals surface area contributed by atoms with Crippen molar-refractivity contribution in [3.63, 3.8) is 0 Å². The van der Waals surface area contributed by atoms with Crippen molar-refractivity contribution in [3.8, 4) is 0 Å². The van der Waals surface area contributed by atoms with Gasteiger partial charge in [-0.3, -0.25) is 4.79 Å². The van der Waals surface area contributed by atoms with Gasteiger partial charge in [0.15, 0.2) is 0 Å². The minimum absolute atomic E-state index is 0.352. The van der Waals surface area contributed by atoms with E-state index in [1.54, 1.807) is 0 Å². The number of likely N-dealkylation sites (tertiary alicyclic amines) is 1. The number of hydrogen-bond donors (Lipinski definition) is 1. The molecule has 2 aliphatic heterocycles. The fourth-order valence-electron chi connectivity index (χ4n) is 2.48. The van der Waals surface area contributed by atoms with E-state index in [0.29, 0.717) is 18.0 Å². The van der Waals surface area contributed by atoms with E-state index in [0.717, 1.165) is 25.9 Å². The van der Waals surface area contributed by atoms with Crippen LogP contribution in [0.2, 0.25) is 0 Å². The molecule has 2 saturated heterocycles. The van der Waals surface area contributed by atoms with E-state index in [1.165, 1.54) is 19.3 Å². The molecule has 1 N–H and O–H groups in total. The molecule has 0 bridgehead atoms. The van der Waals surface area contributed by atoms with Crippen LogP contribution in [-0.2, 0) is 4.79 Å². The standard InChI is InChI=1S/C11H20N2O/c1-9-5-6-11(14)13(9)8-10-4-2-3-7-12-10/h9-10,12H,2-8H2,1H3. The third kappa shape index (κ3) is 2.08. The highest BCUT2D eigenvalue weighted by molar-refractivity contribution is 5.78. The van der Waals surface area contributed by atoms with Crippen molar-refractivity contribution in [1.29, 1.82) is 0 Å². The number of rotatable bonds is 2.